The van der Waals surface area contributed by atoms with Crippen LogP contribution in [0.1, 0.15) is 12.5 Å². The van der Waals surface area contributed by atoms with E-state index in [9.17, 15) is 4.79 Å². The number of fused-ring (bicyclic) bond motifs is 1. The molecule has 2 radical (unpaired) electrons. The monoisotopic (exact) mass is 172 g/mol. The van der Waals surface area contributed by atoms with Gasteiger partial charge in [-0.05, 0) is 12.0 Å². The molecule has 0 atom stereocenters. The molecule has 3 nitrogen and oxygen atoms in total. The molecule has 1 aromatic rings. The highest BCUT2D eigenvalue weighted by Crippen LogP contribution is 2.23. The smallest absolute Gasteiger partial charge is 0.225 e. The van der Waals surface area contributed by atoms with Gasteiger partial charge in [-0.15, -0.1) is 0 Å². The van der Waals surface area contributed by atoms with Crippen LogP contribution in [0.3, 0.4) is 0 Å². The van der Waals surface area contributed by atoms with E-state index in [1.165, 1.54) is 0 Å². The number of nitrogens with zero attached hydrogens (tertiary/aromatic N) is 2. The molecule has 0 aliphatic carbocycles. The van der Waals surface area contributed by atoms with Crippen LogP contribution in [-0.2, 0) is 11.2 Å². The third-order valence-corrected chi connectivity index (χ3v) is 2.20. The van der Waals surface area contributed by atoms with E-state index in [4.69, 9.17) is 7.85 Å². The van der Waals surface area contributed by atoms with E-state index in [-0.39, 0.29) is 5.91 Å². The van der Waals surface area contributed by atoms with Crippen molar-refractivity contribution in [2.75, 3.05) is 11.4 Å². The Morgan fingerprint density at radius 1 is 1.69 bits per heavy atom. The third-order valence-electron chi connectivity index (χ3n) is 2.20. The zero-order valence-electron chi connectivity index (χ0n) is 7.45. The van der Waals surface area contributed by atoms with Crippen LogP contribution < -0.4 is 10.4 Å². The van der Waals surface area contributed by atoms with Crippen LogP contribution in [0, 0.1) is 0 Å². The summed E-state index contributed by atoms with van der Waals surface area (Å²) in [7, 11) is 5.59. The van der Waals surface area contributed by atoms with E-state index in [0.717, 1.165) is 24.3 Å². The Morgan fingerprint density at radius 3 is 3.15 bits per heavy atom. The van der Waals surface area contributed by atoms with E-state index in [0.29, 0.717) is 5.46 Å². The molecule has 1 aliphatic heterocycles. The molecule has 0 fully saturated rings. The molecule has 1 amide bonds. The van der Waals surface area contributed by atoms with Crippen molar-refractivity contribution in [1.29, 1.82) is 0 Å². The van der Waals surface area contributed by atoms with Crippen molar-refractivity contribution in [1.82, 2.24) is 4.98 Å². The molecule has 1 aromatic heterocycles. The Balaban J connectivity index is 2.44. The minimum absolute atomic E-state index is 0.0380. The maximum absolute atomic E-state index is 11.1. The van der Waals surface area contributed by atoms with Crippen LogP contribution in [-0.4, -0.2) is 25.3 Å². The highest BCUT2D eigenvalue weighted by molar-refractivity contribution is 6.32. The van der Waals surface area contributed by atoms with E-state index in [1.807, 2.05) is 6.07 Å². The summed E-state index contributed by atoms with van der Waals surface area (Å²) in [6, 6.07) is 1.88. The quantitative estimate of drug-likeness (QED) is 0.507. The van der Waals surface area contributed by atoms with Gasteiger partial charge in [0.25, 0.3) is 0 Å². The van der Waals surface area contributed by atoms with Gasteiger partial charge in [-0.1, -0.05) is 11.5 Å². The molecule has 0 saturated heterocycles. The minimum atomic E-state index is 0.0380. The highest BCUT2D eigenvalue weighted by Gasteiger charge is 2.22. The largest absolute Gasteiger partial charge is 0.297 e. The van der Waals surface area contributed by atoms with Gasteiger partial charge in [-0.25, -0.2) is 4.98 Å². The summed E-state index contributed by atoms with van der Waals surface area (Å²) in [5, 5.41) is 0. The summed E-state index contributed by atoms with van der Waals surface area (Å²) in [5.41, 5.74) is 1.72. The van der Waals surface area contributed by atoms with Crippen molar-refractivity contribution in [3.8, 4) is 0 Å². The molecule has 4 heteroatoms. The molecular formula is C9H9BN2O. The first-order valence-electron chi connectivity index (χ1n) is 4.21. The van der Waals surface area contributed by atoms with Gasteiger partial charge < -0.3 is 0 Å². The number of hydrogen-bond donors (Lipinski definition) is 0. The van der Waals surface area contributed by atoms with Gasteiger partial charge in [0.15, 0.2) is 0 Å². The topological polar surface area (TPSA) is 33.2 Å². The average molecular weight is 172 g/mol. The summed E-state index contributed by atoms with van der Waals surface area (Å²) >= 11 is 0. The second-order valence-corrected chi connectivity index (χ2v) is 3.17. The summed E-state index contributed by atoms with van der Waals surface area (Å²) in [5.74, 6) is 0.803. The van der Waals surface area contributed by atoms with E-state index in [2.05, 4.69) is 4.98 Å². The van der Waals surface area contributed by atoms with Crippen molar-refractivity contribution >= 4 is 25.0 Å². The molecule has 0 aromatic carbocycles. The van der Waals surface area contributed by atoms with Gasteiger partial charge in [0.05, 0.1) is 0 Å². The molecule has 13 heavy (non-hydrogen) atoms. The summed E-state index contributed by atoms with van der Waals surface area (Å²) in [4.78, 5) is 17.0. The first kappa shape index (κ1) is 8.29. The van der Waals surface area contributed by atoms with Crippen molar-refractivity contribution in [3.63, 3.8) is 0 Å². The molecule has 64 valence electrons. The summed E-state index contributed by atoms with van der Waals surface area (Å²) < 4.78 is 0. The van der Waals surface area contributed by atoms with Gasteiger partial charge in [0.1, 0.15) is 13.7 Å². The van der Waals surface area contributed by atoms with Gasteiger partial charge in [0.2, 0.25) is 5.91 Å². The van der Waals surface area contributed by atoms with E-state index >= 15 is 0 Å². The predicted molar refractivity (Wildman–Crippen MR) is 51.4 cm³/mol. The fraction of sp³-hybridized carbons (Fsp3) is 0.333. The number of pyridine rings is 1. The van der Waals surface area contributed by atoms with Crippen LogP contribution in [0.5, 0.6) is 0 Å². The van der Waals surface area contributed by atoms with Gasteiger partial charge in [-0.2, -0.15) is 0 Å². The molecular weight excluding hydrogens is 163 g/mol. The lowest BCUT2D eigenvalue weighted by atomic mass is 9.97. The molecule has 2 rings (SSSR count). The van der Waals surface area contributed by atoms with E-state index in [1.54, 1.807) is 18.0 Å². The van der Waals surface area contributed by atoms with Crippen molar-refractivity contribution in [2.24, 2.45) is 0 Å². The van der Waals surface area contributed by atoms with Crippen LogP contribution >= 0.6 is 0 Å². The van der Waals surface area contributed by atoms with Crippen LogP contribution in [0.15, 0.2) is 12.3 Å². The van der Waals surface area contributed by atoms with E-state index < -0.39 is 0 Å². The molecule has 2 heterocycles. The normalized spacial score (nSPS) is 14.4. The molecule has 0 saturated carbocycles. The number of amides is 1. The lowest BCUT2D eigenvalue weighted by Gasteiger charge is -2.12. The van der Waals surface area contributed by atoms with Crippen LogP contribution in [0.4, 0.5) is 5.82 Å². The zero-order valence-corrected chi connectivity index (χ0v) is 7.45. The van der Waals surface area contributed by atoms with Crippen LogP contribution in [0.25, 0.3) is 0 Å². The summed E-state index contributed by atoms with van der Waals surface area (Å²) in [6.07, 6.45) is 2.44. The second-order valence-electron chi connectivity index (χ2n) is 3.17. The number of rotatable bonds is 0. The Hall–Kier alpha value is -1.32. The molecule has 0 N–H and O–H groups in total. The number of carbonyl (C=O) groups excluding carboxylic acids is 1. The third kappa shape index (κ3) is 1.32. The van der Waals surface area contributed by atoms with Gasteiger partial charge >= 0.3 is 0 Å². The lowest BCUT2D eigenvalue weighted by molar-refractivity contribution is -0.116. The minimum Gasteiger partial charge on any atom is -0.297 e. The molecule has 0 spiro atoms. The Bertz CT molecular complexity index is 365. The van der Waals surface area contributed by atoms with Crippen molar-refractivity contribution in [3.05, 3.63) is 17.8 Å². The number of carbonyl (C=O) groups is 1. The van der Waals surface area contributed by atoms with Gasteiger partial charge in [-0.3, -0.25) is 9.69 Å². The molecule has 0 bridgehead atoms. The average Bonchev–Trinajstić information content (AvgIpc) is 2.46. The van der Waals surface area contributed by atoms with Crippen molar-refractivity contribution < 1.29 is 4.79 Å². The maximum Gasteiger partial charge on any atom is 0.225 e. The first-order valence-corrected chi connectivity index (χ1v) is 4.21. The first-order chi connectivity index (χ1) is 6.18. The lowest BCUT2D eigenvalue weighted by Crippen LogP contribution is -2.26. The SMILES string of the molecule is [B]c1cnc2c(c1)CCN2C(C)=O. The fourth-order valence-corrected chi connectivity index (χ4v) is 1.59. The Labute approximate surface area is 78.2 Å². The second kappa shape index (κ2) is 2.87. The molecule has 0 unspecified atom stereocenters. The molecule has 1 aliphatic rings. The van der Waals surface area contributed by atoms with Gasteiger partial charge in [0, 0.05) is 19.7 Å². The van der Waals surface area contributed by atoms with Crippen molar-refractivity contribution in [2.45, 2.75) is 13.3 Å². The van der Waals surface area contributed by atoms with Crippen LogP contribution in [0.2, 0.25) is 0 Å². The zero-order chi connectivity index (χ0) is 9.42. The predicted octanol–water partition coefficient (Wildman–Crippen LogP) is -0.216. The maximum atomic E-state index is 11.1. The fourth-order valence-electron chi connectivity index (χ4n) is 1.59. The number of aromatic nitrogens is 1. The number of hydrogen-bond acceptors (Lipinski definition) is 2. The highest BCUT2D eigenvalue weighted by atomic mass is 16.2. The summed E-state index contributed by atoms with van der Waals surface area (Å²) in [6.45, 7) is 2.27. The number of anilines is 1. The standard InChI is InChI=1S/C9H9BN2O/c1-6(13)12-3-2-7-4-8(10)5-11-9(7)12/h4-5H,2-3H2,1H3. The Kier molecular flexibility index (Phi) is 1.83. The Morgan fingerprint density at radius 2 is 2.46 bits per heavy atom.